The molecule has 68 heavy (non-hydrogen) atoms. The lowest BCUT2D eigenvalue weighted by Gasteiger charge is -2.15. The summed E-state index contributed by atoms with van der Waals surface area (Å²) in [6.07, 6.45) is 0. The van der Waals surface area contributed by atoms with Crippen molar-refractivity contribution in [2.24, 2.45) is 0 Å². The van der Waals surface area contributed by atoms with Crippen LogP contribution in [0.4, 0.5) is 0 Å². The third-order valence-corrected chi connectivity index (χ3v) is 13.0. The molecule has 0 spiro atoms. The molecular formula is C63H37N5. The topological polar surface area (TPSA) is 86.2 Å². The summed E-state index contributed by atoms with van der Waals surface area (Å²) in [5.41, 5.74) is 19.4. The smallest absolute Gasteiger partial charge is 0.165 e. The van der Waals surface area contributed by atoms with Gasteiger partial charge >= 0.3 is 0 Å². The summed E-state index contributed by atoms with van der Waals surface area (Å²) < 4.78 is 0. The van der Waals surface area contributed by atoms with Gasteiger partial charge < -0.3 is 0 Å². The van der Waals surface area contributed by atoms with E-state index >= 15 is 0 Å². The minimum atomic E-state index is 0.413. The summed E-state index contributed by atoms with van der Waals surface area (Å²) in [7, 11) is 0. The van der Waals surface area contributed by atoms with Crippen molar-refractivity contribution in [3.8, 4) is 124 Å². The predicted molar refractivity (Wildman–Crippen MR) is 275 cm³/mol. The summed E-state index contributed by atoms with van der Waals surface area (Å²) in [5.74, 6) is 1.39. The van der Waals surface area contributed by atoms with E-state index in [-0.39, 0.29) is 0 Å². The van der Waals surface area contributed by atoms with E-state index in [4.69, 9.17) is 15.0 Å². The van der Waals surface area contributed by atoms with Crippen LogP contribution in [0, 0.1) is 22.7 Å². The van der Waals surface area contributed by atoms with E-state index in [1.54, 1.807) is 6.07 Å². The molecule has 314 valence electrons. The molecule has 1 aromatic heterocycles. The van der Waals surface area contributed by atoms with Gasteiger partial charge in [-0.3, -0.25) is 0 Å². The highest BCUT2D eigenvalue weighted by molar-refractivity contribution is 6.19. The predicted octanol–water partition coefficient (Wildman–Crippen LogP) is 15.8. The van der Waals surface area contributed by atoms with Crippen molar-refractivity contribution in [2.75, 3.05) is 0 Å². The second kappa shape index (κ2) is 16.8. The summed E-state index contributed by atoms with van der Waals surface area (Å²) >= 11 is 0. The van der Waals surface area contributed by atoms with Crippen LogP contribution < -0.4 is 0 Å². The highest BCUT2D eigenvalue weighted by Crippen LogP contribution is 2.51. The maximum atomic E-state index is 10.1. The Morgan fingerprint density at radius 2 is 0.765 bits per heavy atom. The Bertz CT molecular complexity index is 3870. The Morgan fingerprint density at radius 1 is 0.279 bits per heavy atom. The first-order valence-electron chi connectivity index (χ1n) is 22.5. The minimum absolute atomic E-state index is 0.413. The van der Waals surface area contributed by atoms with Gasteiger partial charge in [0.1, 0.15) is 0 Å². The lowest BCUT2D eigenvalue weighted by Crippen LogP contribution is -2.02. The third kappa shape index (κ3) is 7.00. The van der Waals surface area contributed by atoms with Gasteiger partial charge in [-0.25, -0.2) is 15.0 Å². The first-order chi connectivity index (χ1) is 33.6. The van der Waals surface area contributed by atoms with Crippen LogP contribution in [0.5, 0.6) is 0 Å². The van der Waals surface area contributed by atoms with E-state index in [0.29, 0.717) is 34.2 Å². The molecular weight excluding hydrogens is 827 g/mol. The largest absolute Gasteiger partial charge is 0.208 e. The van der Waals surface area contributed by atoms with Crippen LogP contribution >= 0.6 is 0 Å². The second-order valence-corrected chi connectivity index (χ2v) is 16.9. The van der Waals surface area contributed by atoms with Crippen LogP contribution in [-0.4, -0.2) is 15.0 Å². The fourth-order valence-corrected chi connectivity index (χ4v) is 9.76. The molecule has 12 rings (SSSR count). The number of aromatic nitrogens is 3. The van der Waals surface area contributed by atoms with Gasteiger partial charge in [-0.2, -0.15) is 10.5 Å². The summed E-state index contributed by atoms with van der Waals surface area (Å²) in [6.45, 7) is 0. The highest BCUT2D eigenvalue weighted by atomic mass is 15.0. The molecule has 0 radical (unpaired) electrons. The number of fused-ring (bicyclic) bond motifs is 3. The maximum absolute atomic E-state index is 10.1. The zero-order valence-electron chi connectivity index (χ0n) is 36.6. The molecule has 11 aromatic rings. The average molecular weight is 864 g/mol. The molecule has 10 aromatic carbocycles. The van der Waals surface area contributed by atoms with Gasteiger partial charge in [-0.05, 0) is 125 Å². The Labute approximate surface area is 394 Å². The van der Waals surface area contributed by atoms with Crippen molar-refractivity contribution in [3.63, 3.8) is 0 Å². The number of hydrogen-bond acceptors (Lipinski definition) is 5. The van der Waals surface area contributed by atoms with Gasteiger partial charge in [0, 0.05) is 16.7 Å². The molecule has 0 fully saturated rings. The summed E-state index contributed by atoms with van der Waals surface area (Å²) in [6, 6.07) is 81.9. The van der Waals surface area contributed by atoms with Crippen molar-refractivity contribution < 1.29 is 0 Å². The van der Waals surface area contributed by atoms with Crippen molar-refractivity contribution in [1.82, 2.24) is 15.0 Å². The van der Waals surface area contributed by atoms with Crippen LogP contribution in [0.2, 0.25) is 0 Å². The van der Waals surface area contributed by atoms with Crippen LogP contribution in [0.25, 0.3) is 123 Å². The van der Waals surface area contributed by atoms with Crippen LogP contribution in [0.1, 0.15) is 11.1 Å². The van der Waals surface area contributed by atoms with Crippen LogP contribution in [0.15, 0.2) is 224 Å². The SMILES string of the molecule is N#Cc1ccc(-c2cccc(-c3nc(-c4ccccc4C#N)nc(-c4ccccc4-c4ccc(-c5ccccc5-c5cccc(-c6ccc7cccc8c7c6-c6ccccc6-8)c5)cc4)n3)c2)cc1. The van der Waals surface area contributed by atoms with Crippen LogP contribution in [0.3, 0.4) is 0 Å². The Balaban J connectivity index is 0.916. The summed E-state index contributed by atoms with van der Waals surface area (Å²) in [5, 5.41) is 22.1. The van der Waals surface area contributed by atoms with E-state index < -0.39 is 0 Å². The first kappa shape index (κ1) is 40.0. The zero-order chi connectivity index (χ0) is 45.6. The molecule has 0 N–H and O–H groups in total. The van der Waals surface area contributed by atoms with Gasteiger partial charge in [0.2, 0.25) is 0 Å². The Hall–Kier alpha value is -9.55. The number of nitriles is 2. The van der Waals surface area contributed by atoms with E-state index in [1.807, 2.05) is 84.9 Å². The van der Waals surface area contributed by atoms with Crippen molar-refractivity contribution in [1.29, 1.82) is 10.5 Å². The molecule has 1 aliphatic rings. The number of benzene rings is 10. The molecule has 5 nitrogen and oxygen atoms in total. The standard InChI is InChI=1S/C63H37N5/c64-38-40-26-28-41(29-27-40)45-14-9-17-48(36-45)61-66-62(54-21-2-1-12-49(54)39-65)68-63(67-61)58-24-8-5-19-51(58)43-32-30-42(31-33-43)50-18-3-4-20-52(50)46-15-10-16-47(37-46)53-35-34-44-13-11-25-56-55-22-6-7-23-57(55)60(53)59(44)56/h1-37H. The number of hydrogen-bond donors (Lipinski definition) is 0. The Kier molecular flexibility index (Phi) is 9.87. The maximum Gasteiger partial charge on any atom is 0.165 e. The normalized spacial score (nSPS) is 11.2. The van der Waals surface area contributed by atoms with E-state index in [0.717, 1.165) is 55.6 Å². The second-order valence-electron chi connectivity index (χ2n) is 16.9. The van der Waals surface area contributed by atoms with Gasteiger partial charge in [0.25, 0.3) is 0 Å². The molecule has 1 aliphatic carbocycles. The van der Waals surface area contributed by atoms with Crippen molar-refractivity contribution >= 4 is 10.8 Å². The van der Waals surface area contributed by atoms with Crippen molar-refractivity contribution in [2.45, 2.75) is 0 Å². The molecule has 0 unspecified atom stereocenters. The Morgan fingerprint density at radius 3 is 1.46 bits per heavy atom. The van der Waals surface area contributed by atoms with Gasteiger partial charge in [0.15, 0.2) is 17.5 Å². The van der Waals surface area contributed by atoms with Gasteiger partial charge in [0.05, 0.1) is 23.3 Å². The minimum Gasteiger partial charge on any atom is -0.208 e. The van der Waals surface area contributed by atoms with Crippen LogP contribution in [-0.2, 0) is 0 Å². The molecule has 0 aliphatic heterocycles. The monoisotopic (exact) mass is 863 g/mol. The van der Waals surface area contributed by atoms with Crippen molar-refractivity contribution in [3.05, 3.63) is 236 Å². The average Bonchev–Trinajstić information content (AvgIpc) is 3.76. The number of rotatable bonds is 8. The first-order valence-corrected chi connectivity index (χ1v) is 22.5. The molecule has 0 saturated carbocycles. The third-order valence-electron chi connectivity index (χ3n) is 13.0. The lowest BCUT2D eigenvalue weighted by molar-refractivity contribution is 1.07. The van der Waals surface area contributed by atoms with E-state index in [1.165, 1.54) is 44.2 Å². The fraction of sp³-hybridized carbons (Fsp3) is 0. The lowest BCUT2D eigenvalue weighted by atomic mass is 9.89. The molecule has 0 bridgehead atoms. The molecule has 5 heteroatoms. The van der Waals surface area contributed by atoms with E-state index in [9.17, 15) is 10.5 Å². The molecule has 0 saturated heterocycles. The summed E-state index contributed by atoms with van der Waals surface area (Å²) in [4.78, 5) is 15.2. The highest BCUT2D eigenvalue weighted by Gasteiger charge is 2.24. The van der Waals surface area contributed by atoms with Gasteiger partial charge in [-0.15, -0.1) is 0 Å². The van der Waals surface area contributed by atoms with E-state index in [2.05, 4.69) is 146 Å². The molecule has 0 amide bonds. The van der Waals surface area contributed by atoms with Gasteiger partial charge in [-0.1, -0.05) is 188 Å². The fourth-order valence-electron chi connectivity index (χ4n) is 9.76. The molecule has 1 heterocycles. The number of nitrogens with zero attached hydrogens (tertiary/aromatic N) is 5. The zero-order valence-corrected chi connectivity index (χ0v) is 36.6. The quantitative estimate of drug-likeness (QED) is 0.152. The molecule has 0 atom stereocenters.